The largest absolute Gasteiger partial charge is 0.497 e. The molecule has 4 rings (SSSR count). The molecule has 0 bridgehead atoms. The monoisotopic (exact) mass is 463 g/mol. The maximum atomic E-state index is 13.3. The highest BCUT2D eigenvalue weighted by molar-refractivity contribution is 6.05. The lowest BCUT2D eigenvalue weighted by Gasteiger charge is -2.40. The number of hydrogen-bond donors (Lipinski definition) is 1. The van der Waals surface area contributed by atoms with Crippen molar-refractivity contribution in [2.75, 3.05) is 18.6 Å². The molecule has 0 aromatic heterocycles. The number of esters is 1. The summed E-state index contributed by atoms with van der Waals surface area (Å²) in [6, 6.07) is 13.1. The van der Waals surface area contributed by atoms with Crippen molar-refractivity contribution in [2.24, 2.45) is 5.73 Å². The van der Waals surface area contributed by atoms with Gasteiger partial charge in [-0.2, -0.15) is 0 Å². The highest BCUT2D eigenvalue weighted by Crippen LogP contribution is 2.47. The van der Waals surface area contributed by atoms with Gasteiger partial charge in [-0.05, 0) is 43.5 Å². The maximum Gasteiger partial charge on any atom is 0.338 e. The summed E-state index contributed by atoms with van der Waals surface area (Å²) in [7, 11) is 1.56. The molecule has 2 aromatic carbocycles. The Morgan fingerprint density at radius 1 is 1.21 bits per heavy atom. The van der Waals surface area contributed by atoms with Crippen LogP contribution in [0.3, 0.4) is 0 Å². The summed E-state index contributed by atoms with van der Waals surface area (Å²) in [6.45, 7) is 1.82. The first-order valence-corrected chi connectivity index (χ1v) is 11.0. The molecule has 0 spiro atoms. The number of ether oxygens (including phenoxy) is 2. The van der Waals surface area contributed by atoms with Gasteiger partial charge in [0.15, 0.2) is 5.78 Å². The summed E-state index contributed by atoms with van der Waals surface area (Å²) in [5, 5.41) is 11.4. The van der Waals surface area contributed by atoms with Gasteiger partial charge in [0, 0.05) is 29.8 Å². The predicted molar refractivity (Wildman–Crippen MR) is 125 cm³/mol. The zero-order valence-corrected chi connectivity index (χ0v) is 18.9. The third kappa shape index (κ3) is 4.00. The molecule has 1 aliphatic carbocycles. The van der Waals surface area contributed by atoms with Crippen molar-refractivity contribution in [1.29, 1.82) is 0 Å². The van der Waals surface area contributed by atoms with Crippen LogP contribution in [0, 0.1) is 10.1 Å². The third-order valence-electron chi connectivity index (χ3n) is 6.04. The lowest BCUT2D eigenvalue weighted by Crippen LogP contribution is -2.41. The molecule has 0 saturated heterocycles. The molecule has 0 radical (unpaired) electrons. The number of hydrogen-bond acceptors (Lipinski definition) is 8. The number of carbonyl (C=O) groups excluding carboxylic acids is 2. The average Bonchev–Trinajstić information content (AvgIpc) is 2.83. The Labute approximate surface area is 196 Å². The Morgan fingerprint density at radius 2 is 1.94 bits per heavy atom. The number of benzene rings is 2. The minimum absolute atomic E-state index is 0.0909. The molecule has 9 nitrogen and oxygen atoms in total. The molecule has 0 fully saturated rings. The van der Waals surface area contributed by atoms with Crippen LogP contribution in [0.15, 0.2) is 71.2 Å². The fraction of sp³-hybridized carbons (Fsp3) is 0.280. The van der Waals surface area contributed by atoms with E-state index in [1.54, 1.807) is 55.3 Å². The molecule has 0 saturated carbocycles. The maximum absolute atomic E-state index is 13.3. The van der Waals surface area contributed by atoms with Gasteiger partial charge in [-0.15, -0.1) is 0 Å². The van der Waals surface area contributed by atoms with E-state index in [9.17, 15) is 19.7 Å². The van der Waals surface area contributed by atoms with Gasteiger partial charge < -0.3 is 15.2 Å². The van der Waals surface area contributed by atoms with E-state index in [-0.39, 0.29) is 29.5 Å². The van der Waals surface area contributed by atoms with E-state index in [4.69, 9.17) is 15.2 Å². The van der Waals surface area contributed by atoms with Gasteiger partial charge in [-0.3, -0.25) is 19.8 Å². The Morgan fingerprint density at radius 3 is 2.59 bits per heavy atom. The van der Waals surface area contributed by atoms with Gasteiger partial charge in [-0.1, -0.05) is 18.2 Å². The summed E-state index contributed by atoms with van der Waals surface area (Å²) < 4.78 is 10.6. The molecule has 1 atom stereocenters. The van der Waals surface area contributed by atoms with Crippen molar-refractivity contribution in [3.05, 3.63) is 86.9 Å². The second kappa shape index (κ2) is 9.38. The van der Waals surface area contributed by atoms with Crippen LogP contribution < -0.4 is 15.4 Å². The van der Waals surface area contributed by atoms with Crippen LogP contribution in [0.1, 0.15) is 37.7 Å². The molecule has 1 aliphatic heterocycles. The number of non-ortho nitro benzene ring substituents is 1. The topological polar surface area (TPSA) is 125 Å². The van der Waals surface area contributed by atoms with E-state index in [2.05, 4.69) is 0 Å². The number of rotatable bonds is 6. The summed E-state index contributed by atoms with van der Waals surface area (Å²) in [5.41, 5.74) is 8.83. The molecule has 176 valence electrons. The van der Waals surface area contributed by atoms with Crippen molar-refractivity contribution in [3.63, 3.8) is 0 Å². The fourth-order valence-electron chi connectivity index (χ4n) is 4.57. The van der Waals surface area contributed by atoms with Crippen molar-refractivity contribution in [3.8, 4) is 5.75 Å². The standard InChI is InChI=1S/C25H25N3O6/c1-3-34-25(30)23-21(15-10-12-18(33-2)13-11-15)22-19(8-5-9-20(22)29)27(24(23)26)16-6-4-7-17(14-16)28(31)32/h4,6-7,10-14,21H,3,5,8-9,26H2,1-2H3/t21-/m1/s1. The molecular weight excluding hydrogens is 438 g/mol. The van der Waals surface area contributed by atoms with Crippen molar-refractivity contribution < 1.29 is 24.0 Å². The number of nitrogens with zero attached hydrogens (tertiary/aromatic N) is 2. The number of nitrogens with two attached hydrogens (primary N) is 1. The first-order valence-electron chi connectivity index (χ1n) is 11.0. The summed E-state index contributed by atoms with van der Waals surface area (Å²) in [5.74, 6) is -0.722. The number of ketones is 1. The third-order valence-corrected chi connectivity index (χ3v) is 6.04. The van der Waals surface area contributed by atoms with Crippen LogP contribution in [0.5, 0.6) is 5.75 Å². The zero-order chi connectivity index (χ0) is 24.4. The molecule has 0 amide bonds. The second-order valence-corrected chi connectivity index (χ2v) is 7.98. The van der Waals surface area contributed by atoms with Crippen LogP contribution in [-0.4, -0.2) is 30.4 Å². The first-order chi connectivity index (χ1) is 16.4. The van der Waals surface area contributed by atoms with E-state index in [1.165, 1.54) is 12.1 Å². The first kappa shape index (κ1) is 23.0. The van der Waals surface area contributed by atoms with Gasteiger partial charge in [0.25, 0.3) is 5.69 Å². The van der Waals surface area contributed by atoms with Gasteiger partial charge in [0.1, 0.15) is 11.6 Å². The summed E-state index contributed by atoms with van der Waals surface area (Å²) in [6.07, 6.45) is 1.48. The Hall–Kier alpha value is -4.14. The van der Waals surface area contributed by atoms with Crippen molar-refractivity contribution >= 4 is 23.1 Å². The van der Waals surface area contributed by atoms with E-state index < -0.39 is 16.8 Å². The minimum Gasteiger partial charge on any atom is -0.497 e. The van der Waals surface area contributed by atoms with Gasteiger partial charge in [0.05, 0.1) is 35.8 Å². The fourth-order valence-corrected chi connectivity index (χ4v) is 4.57. The van der Waals surface area contributed by atoms with Gasteiger partial charge in [-0.25, -0.2) is 4.79 Å². The lowest BCUT2D eigenvalue weighted by atomic mass is 9.75. The van der Waals surface area contributed by atoms with Crippen LogP contribution >= 0.6 is 0 Å². The van der Waals surface area contributed by atoms with E-state index in [1.807, 2.05) is 0 Å². The van der Waals surface area contributed by atoms with Crippen LogP contribution in [0.2, 0.25) is 0 Å². The number of anilines is 1. The summed E-state index contributed by atoms with van der Waals surface area (Å²) in [4.78, 5) is 39.0. The minimum atomic E-state index is -0.720. The van der Waals surface area contributed by atoms with E-state index >= 15 is 0 Å². The Balaban J connectivity index is 1.97. The smallest absolute Gasteiger partial charge is 0.338 e. The molecule has 2 aliphatic rings. The molecule has 1 heterocycles. The van der Waals surface area contributed by atoms with Gasteiger partial charge in [0.2, 0.25) is 0 Å². The second-order valence-electron chi connectivity index (χ2n) is 7.98. The molecule has 0 unspecified atom stereocenters. The quantitative estimate of drug-likeness (QED) is 0.388. The van der Waals surface area contributed by atoms with Crippen LogP contribution in [-0.2, 0) is 14.3 Å². The number of nitro benzene ring substituents is 1. The normalized spacial score (nSPS) is 18.0. The SMILES string of the molecule is CCOC(=O)C1=C(N)N(c2cccc([N+](=O)[O-])c2)C2=C(C(=O)CCC2)[C@H]1c1ccc(OC)cc1. The van der Waals surface area contributed by atoms with Crippen LogP contribution in [0.4, 0.5) is 11.4 Å². The zero-order valence-electron chi connectivity index (χ0n) is 18.9. The molecule has 34 heavy (non-hydrogen) atoms. The van der Waals surface area contributed by atoms with Crippen molar-refractivity contribution in [1.82, 2.24) is 0 Å². The lowest BCUT2D eigenvalue weighted by molar-refractivity contribution is -0.384. The molecule has 2 N–H and O–H groups in total. The number of allylic oxidation sites excluding steroid dienone is 2. The highest BCUT2D eigenvalue weighted by atomic mass is 16.6. The molecule has 9 heteroatoms. The van der Waals surface area contributed by atoms with Gasteiger partial charge >= 0.3 is 5.97 Å². The number of methoxy groups -OCH3 is 1. The highest BCUT2D eigenvalue weighted by Gasteiger charge is 2.43. The van der Waals surface area contributed by atoms with E-state index in [0.717, 1.165) is 0 Å². The Kier molecular flexibility index (Phi) is 6.36. The summed E-state index contributed by atoms with van der Waals surface area (Å²) >= 11 is 0. The average molecular weight is 463 g/mol. The van der Waals surface area contributed by atoms with Crippen LogP contribution in [0.25, 0.3) is 0 Å². The number of carbonyl (C=O) groups is 2. The number of Topliss-reactive ketones (excluding diaryl/α,β-unsaturated/α-hetero) is 1. The predicted octanol–water partition coefficient (Wildman–Crippen LogP) is 3.95. The van der Waals surface area contributed by atoms with E-state index in [0.29, 0.717) is 47.5 Å². The number of nitro groups is 1. The Bertz CT molecular complexity index is 1220. The van der Waals surface area contributed by atoms with Crippen molar-refractivity contribution in [2.45, 2.75) is 32.1 Å². The molecule has 2 aromatic rings. The molecular formula is C25H25N3O6.